The van der Waals surface area contributed by atoms with E-state index >= 15 is 0 Å². The van der Waals surface area contributed by atoms with Gasteiger partial charge in [0.1, 0.15) is 13.2 Å². The van der Waals surface area contributed by atoms with Gasteiger partial charge in [-0.2, -0.15) is 0 Å². The fourth-order valence-corrected chi connectivity index (χ4v) is 6.95. The summed E-state index contributed by atoms with van der Waals surface area (Å²) in [6.07, 6.45) is 74.8. The third-order valence-corrected chi connectivity index (χ3v) is 10.9. The van der Waals surface area contributed by atoms with Gasteiger partial charge in [0.25, 0.3) is 0 Å². The molecule has 0 unspecified atom stereocenters. The van der Waals surface area contributed by atoms with E-state index < -0.39 is 6.10 Å². The Hall–Kier alpha value is -4.19. The van der Waals surface area contributed by atoms with Crippen LogP contribution >= 0.6 is 0 Å². The Labute approximate surface area is 412 Å². The number of unbranched alkanes of at least 4 members (excludes halogenated alkanes) is 16. The first kappa shape index (κ1) is 62.8. The summed E-state index contributed by atoms with van der Waals surface area (Å²) in [6.45, 7) is 6.31. The number of esters is 3. The van der Waals surface area contributed by atoms with Crippen LogP contribution in [0, 0.1) is 0 Å². The van der Waals surface area contributed by atoms with Gasteiger partial charge in [0.05, 0.1) is 0 Å². The molecule has 0 aliphatic heterocycles. The second kappa shape index (κ2) is 54.4. The Bertz CT molecular complexity index is 1440. The van der Waals surface area contributed by atoms with E-state index in [0.29, 0.717) is 19.3 Å². The molecule has 0 fully saturated rings. The summed E-state index contributed by atoms with van der Waals surface area (Å²) in [5.74, 6) is -1.03. The van der Waals surface area contributed by atoms with Crippen LogP contribution in [-0.4, -0.2) is 37.2 Å². The molecule has 1 atom stereocenters. The zero-order chi connectivity index (χ0) is 48.6. The van der Waals surface area contributed by atoms with Crippen molar-refractivity contribution < 1.29 is 28.6 Å². The minimum Gasteiger partial charge on any atom is -0.462 e. The number of rotatable bonds is 47. The fourth-order valence-electron chi connectivity index (χ4n) is 6.95. The lowest BCUT2D eigenvalue weighted by atomic mass is 10.1. The van der Waals surface area contributed by atoms with E-state index in [1.807, 2.05) is 12.2 Å². The average Bonchev–Trinajstić information content (AvgIpc) is 3.33. The Morgan fingerprint density at radius 3 is 1.01 bits per heavy atom. The normalized spacial score (nSPS) is 13.1. The molecular weight excluding hydrogens is 829 g/mol. The summed E-state index contributed by atoms with van der Waals surface area (Å²) in [7, 11) is 0. The van der Waals surface area contributed by atoms with Gasteiger partial charge < -0.3 is 14.2 Å². The van der Waals surface area contributed by atoms with Gasteiger partial charge in [-0.3, -0.25) is 14.4 Å². The summed E-state index contributed by atoms with van der Waals surface area (Å²) in [5, 5.41) is 0. The molecule has 378 valence electrons. The maximum absolute atomic E-state index is 12.8. The van der Waals surface area contributed by atoms with Crippen LogP contribution in [0.1, 0.15) is 226 Å². The Morgan fingerprint density at radius 2 is 0.612 bits per heavy atom. The molecule has 0 radical (unpaired) electrons. The van der Waals surface area contributed by atoms with E-state index in [4.69, 9.17) is 14.2 Å². The van der Waals surface area contributed by atoms with Crippen molar-refractivity contribution in [3.8, 4) is 0 Å². The zero-order valence-corrected chi connectivity index (χ0v) is 43.1. The van der Waals surface area contributed by atoms with Gasteiger partial charge in [-0.1, -0.05) is 213 Å². The lowest BCUT2D eigenvalue weighted by molar-refractivity contribution is -0.166. The maximum atomic E-state index is 12.8. The summed E-state index contributed by atoms with van der Waals surface area (Å²) < 4.78 is 16.7. The van der Waals surface area contributed by atoms with E-state index in [1.165, 1.54) is 64.2 Å². The standard InChI is InChI=1S/C61H98O6/c1-4-7-10-13-16-19-22-25-28-29-30-31-34-36-39-42-45-48-51-54-60(63)66-57-58(67-61(64)55-52-49-46-43-40-37-33-27-24-21-18-15-12-9-6-3)56-65-59(62)53-50-47-44-41-38-35-32-26-23-20-17-14-11-8-5-2/h7-8,10-11,16-17,19-21,24-26,28,30-32,36,39,45,48,58H,4-6,9,12-15,18,22-23,27,29,33-35,37-38,40-44,46-47,49-57H2,1-3H3/b10-7-,11-8-,19-16-,20-17-,24-21-,28-25-,31-30-,32-26-,39-36-,48-45-/t58-/m0/s1. The first-order valence-electron chi connectivity index (χ1n) is 27.0. The summed E-state index contributed by atoms with van der Waals surface area (Å²) in [5.41, 5.74) is 0. The number of carbonyl (C=O) groups is 3. The van der Waals surface area contributed by atoms with Crippen molar-refractivity contribution in [3.05, 3.63) is 122 Å². The van der Waals surface area contributed by atoms with E-state index in [1.54, 1.807) is 0 Å². The fraction of sp³-hybridized carbons (Fsp3) is 0.623. The highest BCUT2D eigenvalue weighted by Crippen LogP contribution is 2.13. The molecule has 0 aromatic rings. The van der Waals surface area contributed by atoms with Crippen LogP contribution in [0.4, 0.5) is 0 Å². The predicted octanol–water partition coefficient (Wildman–Crippen LogP) is 18.1. The van der Waals surface area contributed by atoms with Crippen molar-refractivity contribution in [2.45, 2.75) is 232 Å². The van der Waals surface area contributed by atoms with Crippen LogP contribution in [0.25, 0.3) is 0 Å². The average molecular weight is 927 g/mol. The van der Waals surface area contributed by atoms with Gasteiger partial charge in [0, 0.05) is 19.3 Å². The second-order valence-electron chi connectivity index (χ2n) is 17.4. The number of allylic oxidation sites excluding steroid dienone is 20. The van der Waals surface area contributed by atoms with Gasteiger partial charge in [-0.15, -0.1) is 0 Å². The van der Waals surface area contributed by atoms with Gasteiger partial charge in [0.15, 0.2) is 6.10 Å². The quantitative estimate of drug-likeness (QED) is 0.0262. The molecule has 0 rings (SSSR count). The molecule has 0 spiro atoms. The van der Waals surface area contributed by atoms with E-state index in [-0.39, 0.29) is 37.5 Å². The third kappa shape index (κ3) is 52.6. The van der Waals surface area contributed by atoms with Crippen molar-refractivity contribution in [2.75, 3.05) is 13.2 Å². The molecule has 0 aliphatic carbocycles. The Balaban J connectivity index is 4.55. The first-order valence-corrected chi connectivity index (χ1v) is 27.0. The lowest BCUT2D eigenvalue weighted by Gasteiger charge is -2.18. The highest BCUT2D eigenvalue weighted by molar-refractivity contribution is 5.71. The van der Waals surface area contributed by atoms with E-state index in [9.17, 15) is 14.4 Å². The summed E-state index contributed by atoms with van der Waals surface area (Å²) in [4.78, 5) is 38.0. The highest BCUT2D eigenvalue weighted by atomic mass is 16.6. The van der Waals surface area contributed by atoms with Gasteiger partial charge >= 0.3 is 17.9 Å². The van der Waals surface area contributed by atoms with Crippen molar-refractivity contribution in [1.82, 2.24) is 0 Å². The van der Waals surface area contributed by atoms with Crippen LogP contribution in [-0.2, 0) is 28.6 Å². The number of hydrogen-bond acceptors (Lipinski definition) is 6. The van der Waals surface area contributed by atoms with Crippen molar-refractivity contribution in [2.24, 2.45) is 0 Å². The Kier molecular flexibility index (Phi) is 51.0. The molecule has 0 aliphatic rings. The number of hydrogen-bond donors (Lipinski definition) is 0. The smallest absolute Gasteiger partial charge is 0.306 e. The molecular formula is C61H98O6. The third-order valence-electron chi connectivity index (χ3n) is 10.9. The minimum atomic E-state index is -0.821. The molecule has 0 aromatic carbocycles. The molecule has 0 aromatic heterocycles. The van der Waals surface area contributed by atoms with Crippen LogP contribution < -0.4 is 0 Å². The van der Waals surface area contributed by atoms with Crippen LogP contribution in [0.15, 0.2) is 122 Å². The zero-order valence-electron chi connectivity index (χ0n) is 43.1. The van der Waals surface area contributed by atoms with Crippen molar-refractivity contribution in [3.63, 3.8) is 0 Å². The van der Waals surface area contributed by atoms with Crippen molar-refractivity contribution in [1.29, 1.82) is 0 Å². The highest BCUT2D eigenvalue weighted by Gasteiger charge is 2.19. The number of ether oxygens (including phenoxy) is 3. The molecule has 67 heavy (non-hydrogen) atoms. The van der Waals surface area contributed by atoms with Crippen LogP contribution in [0.5, 0.6) is 0 Å². The SMILES string of the molecule is CC/C=C\C/C=C\C/C=C\C/C=C\C/C=C\C/C=C\CCC(=O)OC[C@H](COC(=O)CCCCCCC/C=C\C/C=C\C/C=C\CC)OC(=O)CCCCCCCCC/C=C\CCCCCC. The topological polar surface area (TPSA) is 78.9 Å². The summed E-state index contributed by atoms with van der Waals surface area (Å²) in [6, 6.07) is 0. The van der Waals surface area contributed by atoms with E-state index in [0.717, 1.165) is 116 Å². The monoisotopic (exact) mass is 927 g/mol. The molecule has 0 saturated carbocycles. The Morgan fingerprint density at radius 1 is 0.313 bits per heavy atom. The van der Waals surface area contributed by atoms with Crippen LogP contribution in [0.3, 0.4) is 0 Å². The van der Waals surface area contributed by atoms with Gasteiger partial charge in [-0.05, 0) is 116 Å². The first-order chi connectivity index (χ1) is 33.0. The second-order valence-corrected chi connectivity index (χ2v) is 17.4. The lowest BCUT2D eigenvalue weighted by Crippen LogP contribution is -2.30. The maximum Gasteiger partial charge on any atom is 0.306 e. The predicted molar refractivity (Wildman–Crippen MR) is 288 cm³/mol. The minimum absolute atomic E-state index is 0.115. The molecule has 0 saturated heterocycles. The molecule has 0 heterocycles. The molecule has 0 bridgehead atoms. The van der Waals surface area contributed by atoms with Gasteiger partial charge in [-0.25, -0.2) is 0 Å². The van der Waals surface area contributed by atoms with Crippen LogP contribution in [0.2, 0.25) is 0 Å². The molecule has 0 N–H and O–H groups in total. The largest absolute Gasteiger partial charge is 0.462 e. The van der Waals surface area contributed by atoms with E-state index in [2.05, 4.69) is 130 Å². The van der Waals surface area contributed by atoms with Crippen molar-refractivity contribution >= 4 is 17.9 Å². The van der Waals surface area contributed by atoms with Gasteiger partial charge in [0.2, 0.25) is 0 Å². The number of carbonyl (C=O) groups excluding carboxylic acids is 3. The molecule has 6 heteroatoms. The molecule has 6 nitrogen and oxygen atoms in total. The summed E-state index contributed by atoms with van der Waals surface area (Å²) >= 11 is 0. The molecule has 0 amide bonds.